The number of hydrogen-bond donors (Lipinski definition) is 0. The van der Waals surface area contributed by atoms with Crippen molar-refractivity contribution in [2.45, 2.75) is 63.7 Å². The highest BCUT2D eigenvalue weighted by molar-refractivity contribution is 7.66. The summed E-state index contributed by atoms with van der Waals surface area (Å²) in [5.74, 6) is 0. The van der Waals surface area contributed by atoms with E-state index in [1.165, 1.54) is 0 Å². The summed E-state index contributed by atoms with van der Waals surface area (Å²) in [4.78, 5) is 0. The lowest BCUT2D eigenvalue weighted by Gasteiger charge is -2.27. The number of rotatable bonds is 12. The van der Waals surface area contributed by atoms with Crippen LogP contribution < -0.4 is 0 Å². The van der Waals surface area contributed by atoms with Gasteiger partial charge in [-0.05, 0) is 97.1 Å². The Bertz CT molecular complexity index is 713. The lowest BCUT2D eigenvalue weighted by molar-refractivity contribution is 0.911. The van der Waals surface area contributed by atoms with Crippen LogP contribution in [0.5, 0.6) is 0 Å². The highest BCUT2D eigenvalue weighted by Gasteiger charge is 2.32. The van der Waals surface area contributed by atoms with E-state index in [-0.39, 0.29) is 0 Å². The Hall–Kier alpha value is 3.57. The monoisotopic (exact) mass is 746 g/mol. The van der Waals surface area contributed by atoms with Crippen LogP contribution in [0, 0.1) is 13.8 Å². The zero-order chi connectivity index (χ0) is 25.1. The van der Waals surface area contributed by atoms with Gasteiger partial charge in [0.25, 0.3) is 0 Å². The summed E-state index contributed by atoms with van der Waals surface area (Å²) in [6.07, 6.45) is 2.39. The predicted octanol–water partition coefficient (Wildman–Crippen LogP) is 11.1. The Morgan fingerprint density at radius 3 is 0.750 bits per heavy atom. The van der Waals surface area contributed by atoms with Gasteiger partial charge in [0.15, 0.2) is 0 Å². The number of hydrogen-bond acceptors (Lipinski definition) is 0. The smallest absolute Gasteiger partial charge is 0.126 e. The lowest BCUT2D eigenvalue weighted by atomic mass is 9.83. The minimum atomic E-state index is -2.88. The van der Waals surface area contributed by atoms with E-state index >= 15 is 0 Å². The van der Waals surface area contributed by atoms with Crippen LogP contribution in [0.4, 0.5) is 0 Å². The quantitative estimate of drug-likeness (QED) is 0.147. The Labute approximate surface area is 251 Å². The lowest BCUT2D eigenvalue weighted by Crippen LogP contribution is -2.20. The van der Waals surface area contributed by atoms with Gasteiger partial charge >= 0.3 is 24.0 Å². The largest absolute Gasteiger partial charge is 0.341 e. The molecule has 0 heterocycles. The molecule has 186 valence electrons. The third-order valence-electron chi connectivity index (χ3n) is 5.19. The van der Waals surface area contributed by atoms with Crippen molar-refractivity contribution >= 4 is 157 Å². The number of halogens is 12. The van der Waals surface area contributed by atoms with E-state index in [0.717, 1.165) is 33.4 Å². The molecule has 0 N–H and O–H groups in total. The van der Waals surface area contributed by atoms with Crippen LogP contribution in [0.15, 0.2) is 0 Å². The fourth-order valence-corrected chi connectivity index (χ4v) is 9.15. The second-order valence-corrected chi connectivity index (χ2v) is 44.7. The molecule has 1 aromatic carbocycles. The van der Waals surface area contributed by atoms with Crippen LogP contribution in [0.1, 0.15) is 33.4 Å². The van der Waals surface area contributed by atoms with Gasteiger partial charge in [-0.1, -0.05) is 0 Å². The summed E-state index contributed by atoms with van der Waals surface area (Å²) in [5, 5.41) is 0. The first-order valence-electron chi connectivity index (χ1n) is 9.60. The van der Waals surface area contributed by atoms with Crippen LogP contribution in [0.3, 0.4) is 0 Å². The van der Waals surface area contributed by atoms with Crippen molar-refractivity contribution in [2.75, 3.05) is 0 Å². The van der Waals surface area contributed by atoms with Crippen molar-refractivity contribution < 1.29 is 0 Å². The molecule has 0 amide bonds. The Kier molecular flexibility index (Phi) is 14.3. The standard InChI is InChI=1S/C16H22Cl12Si4/c1-11-12(2)14(4-8-30(20,21)22)16(6-10-32(26,27)28)15(5-9-31(23,24)25)13(11)3-7-29(17,18)19/h3-10H2,1-2H3. The van der Waals surface area contributed by atoms with Crippen LogP contribution in [0.2, 0.25) is 24.2 Å². The molecule has 32 heavy (non-hydrogen) atoms. The third-order valence-corrected chi connectivity index (χ3v) is 15.3. The first kappa shape index (κ1) is 33.6. The molecule has 0 atom stereocenters. The Balaban J connectivity index is 3.67. The molecule has 0 spiro atoms. The summed E-state index contributed by atoms with van der Waals surface area (Å²) in [6.45, 7) is 4.12. The molecular formula is C16H22Cl12Si4. The molecule has 0 saturated heterocycles. The molecule has 0 aliphatic heterocycles. The maximum atomic E-state index is 6.23. The first-order chi connectivity index (χ1) is 14.2. The van der Waals surface area contributed by atoms with Crippen molar-refractivity contribution in [3.05, 3.63) is 33.4 Å². The van der Waals surface area contributed by atoms with Gasteiger partial charge in [0, 0.05) is 0 Å². The summed E-state index contributed by atoms with van der Waals surface area (Å²) in [6, 6.07) is -9.57. The molecule has 1 aromatic rings. The van der Waals surface area contributed by atoms with E-state index in [0.29, 0.717) is 49.9 Å². The molecule has 0 fully saturated rings. The highest BCUT2D eigenvalue weighted by Crippen LogP contribution is 2.39. The fraction of sp³-hybridized carbons (Fsp3) is 0.625. The van der Waals surface area contributed by atoms with Gasteiger partial charge in [0.2, 0.25) is 0 Å². The molecule has 0 nitrogen and oxygen atoms in total. The normalized spacial score (nSPS) is 13.7. The molecule has 0 aliphatic carbocycles. The third kappa shape index (κ3) is 13.4. The summed E-state index contributed by atoms with van der Waals surface area (Å²) >= 11 is 74.6. The first-order valence-corrected chi connectivity index (χ1v) is 30.6. The fourth-order valence-electron chi connectivity index (χ4n) is 3.62. The van der Waals surface area contributed by atoms with Gasteiger partial charge in [0.1, 0.15) is 0 Å². The average molecular weight is 752 g/mol. The molecule has 0 unspecified atom stereocenters. The van der Waals surface area contributed by atoms with E-state index in [1.54, 1.807) is 0 Å². The predicted molar refractivity (Wildman–Crippen MR) is 163 cm³/mol. The van der Waals surface area contributed by atoms with E-state index in [2.05, 4.69) is 13.8 Å². The molecule has 0 aromatic heterocycles. The van der Waals surface area contributed by atoms with Crippen molar-refractivity contribution in [1.82, 2.24) is 0 Å². The zero-order valence-corrected chi connectivity index (χ0v) is 30.3. The molecule has 16 heteroatoms. The zero-order valence-electron chi connectivity index (χ0n) is 17.2. The summed E-state index contributed by atoms with van der Waals surface area (Å²) < 4.78 is 0. The van der Waals surface area contributed by atoms with E-state index in [9.17, 15) is 0 Å². The Morgan fingerprint density at radius 2 is 0.562 bits per heavy atom. The van der Waals surface area contributed by atoms with Gasteiger partial charge in [-0.3, -0.25) is 0 Å². The summed E-state index contributed by atoms with van der Waals surface area (Å²) in [5.41, 5.74) is 6.62. The van der Waals surface area contributed by atoms with Gasteiger partial charge in [-0.25, -0.2) is 0 Å². The Morgan fingerprint density at radius 1 is 0.375 bits per heavy atom. The maximum Gasteiger partial charge on any atom is 0.341 e. The topological polar surface area (TPSA) is 0 Å². The molecule has 0 bridgehead atoms. The van der Waals surface area contributed by atoms with Crippen LogP contribution in [-0.4, -0.2) is 24.0 Å². The second kappa shape index (κ2) is 13.6. The second-order valence-electron chi connectivity index (χ2n) is 7.62. The minimum Gasteiger partial charge on any atom is -0.126 e. The van der Waals surface area contributed by atoms with E-state index in [4.69, 9.17) is 133 Å². The summed E-state index contributed by atoms with van der Waals surface area (Å²) in [7, 11) is 0. The average Bonchev–Trinajstić information content (AvgIpc) is 2.55. The van der Waals surface area contributed by atoms with Gasteiger partial charge in [-0.2, -0.15) is 0 Å². The molecule has 0 aliphatic rings. The van der Waals surface area contributed by atoms with Gasteiger partial charge in [-0.15, -0.1) is 133 Å². The highest BCUT2D eigenvalue weighted by atomic mass is 35.9. The minimum absolute atomic E-state index is 0.454. The molecule has 0 radical (unpaired) electrons. The number of benzene rings is 1. The van der Waals surface area contributed by atoms with E-state index in [1.807, 2.05) is 0 Å². The van der Waals surface area contributed by atoms with Crippen LogP contribution >= 0.6 is 133 Å². The molecular weight excluding hydrogens is 730 g/mol. The van der Waals surface area contributed by atoms with Crippen LogP contribution in [-0.2, 0) is 25.7 Å². The molecule has 1 rings (SSSR count). The van der Waals surface area contributed by atoms with Gasteiger partial charge < -0.3 is 0 Å². The van der Waals surface area contributed by atoms with Crippen molar-refractivity contribution in [1.29, 1.82) is 0 Å². The van der Waals surface area contributed by atoms with Crippen molar-refractivity contribution in [3.8, 4) is 0 Å². The van der Waals surface area contributed by atoms with Gasteiger partial charge in [0.05, 0.1) is 0 Å². The van der Waals surface area contributed by atoms with E-state index < -0.39 is 24.0 Å². The van der Waals surface area contributed by atoms with Crippen molar-refractivity contribution in [2.24, 2.45) is 0 Å². The maximum absolute atomic E-state index is 6.23. The SMILES string of the molecule is Cc1c(C)c(CC[Si](Cl)(Cl)Cl)c(CC[Si](Cl)(Cl)Cl)c(CC[Si](Cl)(Cl)Cl)c1CC[Si](Cl)(Cl)Cl. The van der Waals surface area contributed by atoms with Crippen LogP contribution in [0.25, 0.3) is 0 Å². The molecule has 0 saturated carbocycles. The van der Waals surface area contributed by atoms with Crippen molar-refractivity contribution in [3.63, 3.8) is 0 Å².